The van der Waals surface area contributed by atoms with Gasteiger partial charge in [-0.3, -0.25) is 9.69 Å². The van der Waals surface area contributed by atoms with Crippen LogP contribution in [0.15, 0.2) is 0 Å². The summed E-state index contributed by atoms with van der Waals surface area (Å²) < 4.78 is 0. The fourth-order valence-corrected chi connectivity index (χ4v) is 2.82. The van der Waals surface area contributed by atoms with Crippen molar-refractivity contribution in [3.05, 3.63) is 0 Å². The molecule has 86 valence electrons. The number of likely N-dealkylation sites (tertiary alicyclic amines) is 1. The molecule has 2 rings (SSSR count). The van der Waals surface area contributed by atoms with Crippen LogP contribution in [0.25, 0.3) is 0 Å². The SMILES string of the molecule is CC(C)(C)N1CCC[C@@]2(CNC(=O)C2)C1. The van der Waals surface area contributed by atoms with Crippen LogP contribution in [0.2, 0.25) is 0 Å². The van der Waals surface area contributed by atoms with Gasteiger partial charge in [0, 0.05) is 30.5 Å². The molecule has 0 bridgehead atoms. The van der Waals surface area contributed by atoms with Gasteiger partial charge in [-0.1, -0.05) is 0 Å². The molecule has 3 nitrogen and oxygen atoms in total. The predicted octanol–water partition coefficient (Wildman–Crippen LogP) is 1.39. The third-order valence-electron chi connectivity index (χ3n) is 3.81. The average Bonchev–Trinajstić information content (AvgIpc) is 2.46. The fraction of sp³-hybridized carbons (Fsp3) is 0.917. The van der Waals surface area contributed by atoms with Crippen LogP contribution in [-0.4, -0.2) is 36.0 Å². The molecule has 0 saturated carbocycles. The Morgan fingerprint density at radius 1 is 1.40 bits per heavy atom. The van der Waals surface area contributed by atoms with Gasteiger partial charge in [-0.15, -0.1) is 0 Å². The van der Waals surface area contributed by atoms with Crippen LogP contribution in [0.1, 0.15) is 40.0 Å². The molecular formula is C12H22N2O. The van der Waals surface area contributed by atoms with Gasteiger partial charge in [0.05, 0.1) is 0 Å². The van der Waals surface area contributed by atoms with Gasteiger partial charge in [-0.25, -0.2) is 0 Å². The number of nitrogens with zero attached hydrogens (tertiary/aromatic N) is 1. The highest BCUT2D eigenvalue weighted by Gasteiger charge is 2.43. The maximum atomic E-state index is 11.3. The molecule has 0 aromatic carbocycles. The summed E-state index contributed by atoms with van der Waals surface area (Å²) in [5.41, 5.74) is 0.474. The molecule has 0 aromatic heterocycles. The minimum absolute atomic E-state index is 0.235. The predicted molar refractivity (Wildman–Crippen MR) is 60.6 cm³/mol. The number of carbonyl (C=O) groups is 1. The van der Waals surface area contributed by atoms with Crippen LogP contribution in [0.5, 0.6) is 0 Å². The molecule has 1 N–H and O–H groups in total. The average molecular weight is 210 g/mol. The quantitative estimate of drug-likeness (QED) is 0.655. The van der Waals surface area contributed by atoms with E-state index in [1.165, 1.54) is 19.4 Å². The molecule has 0 unspecified atom stereocenters. The Morgan fingerprint density at radius 3 is 2.67 bits per heavy atom. The first-order valence-electron chi connectivity index (χ1n) is 5.93. The van der Waals surface area contributed by atoms with Gasteiger partial charge >= 0.3 is 0 Å². The number of nitrogens with one attached hydrogen (secondary N) is 1. The number of hydrogen-bond acceptors (Lipinski definition) is 2. The van der Waals surface area contributed by atoms with Gasteiger partial charge in [-0.05, 0) is 40.2 Å². The minimum atomic E-state index is 0.235. The summed E-state index contributed by atoms with van der Waals surface area (Å²) in [5.74, 6) is 0.241. The second kappa shape index (κ2) is 3.48. The van der Waals surface area contributed by atoms with E-state index < -0.39 is 0 Å². The molecule has 1 amide bonds. The zero-order valence-corrected chi connectivity index (χ0v) is 10.1. The largest absolute Gasteiger partial charge is 0.355 e. The second-order valence-electron chi connectivity index (χ2n) is 6.15. The van der Waals surface area contributed by atoms with Crippen molar-refractivity contribution in [3.63, 3.8) is 0 Å². The highest BCUT2D eigenvalue weighted by Crippen LogP contribution is 2.38. The maximum Gasteiger partial charge on any atom is 0.220 e. The lowest BCUT2D eigenvalue weighted by molar-refractivity contribution is -0.120. The van der Waals surface area contributed by atoms with Gasteiger partial charge in [0.1, 0.15) is 0 Å². The number of carbonyl (C=O) groups excluding carboxylic acids is 1. The molecule has 2 fully saturated rings. The number of rotatable bonds is 0. The summed E-state index contributed by atoms with van der Waals surface area (Å²) in [5, 5.41) is 2.99. The molecule has 2 saturated heterocycles. The van der Waals surface area contributed by atoms with E-state index in [1.807, 2.05) is 0 Å². The molecule has 3 heteroatoms. The topological polar surface area (TPSA) is 32.3 Å². The van der Waals surface area contributed by atoms with Crippen molar-refractivity contribution in [2.45, 2.75) is 45.6 Å². The lowest BCUT2D eigenvalue weighted by Gasteiger charge is -2.45. The molecule has 2 aliphatic rings. The van der Waals surface area contributed by atoms with E-state index in [1.54, 1.807) is 0 Å². The van der Waals surface area contributed by atoms with Crippen LogP contribution in [-0.2, 0) is 4.79 Å². The first-order valence-corrected chi connectivity index (χ1v) is 5.93. The lowest BCUT2D eigenvalue weighted by atomic mass is 9.78. The molecule has 15 heavy (non-hydrogen) atoms. The minimum Gasteiger partial charge on any atom is -0.355 e. The van der Waals surface area contributed by atoms with E-state index in [0.717, 1.165) is 19.5 Å². The lowest BCUT2D eigenvalue weighted by Crippen LogP contribution is -2.52. The Labute approximate surface area is 92.2 Å². The molecule has 0 aromatic rings. The number of piperidine rings is 1. The van der Waals surface area contributed by atoms with Crippen LogP contribution >= 0.6 is 0 Å². The Hall–Kier alpha value is -0.570. The van der Waals surface area contributed by atoms with Crippen LogP contribution in [0.3, 0.4) is 0 Å². The maximum absolute atomic E-state index is 11.3. The zero-order valence-electron chi connectivity index (χ0n) is 10.1. The number of amides is 1. The summed E-state index contributed by atoms with van der Waals surface area (Å²) >= 11 is 0. The van der Waals surface area contributed by atoms with E-state index in [9.17, 15) is 4.79 Å². The van der Waals surface area contributed by atoms with Crippen molar-refractivity contribution in [3.8, 4) is 0 Å². The van der Waals surface area contributed by atoms with Crippen LogP contribution in [0, 0.1) is 5.41 Å². The third-order valence-corrected chi connectivity index (χ3v) is 3.81. The standard InChI is InChI=1S/C12H22N2O/c1-11(2,3)14-6-4-5-12(9-14)7-10(15)13-8-12/h4-9H2,1-3H3,(H,13,15)/t12-/m1/s1. The fourth-order valence-electron chi connectivity index (χ4n) is 2.82. The van der Waals surface area contributed by atoms with Gasteiger partial charge in [0.15, 0.2) is 0 Å². The third kappa shape index (κ3) is 2.17. The smallest absolute Gasteiger partial charge is 0.220 e. The van der Waals surface area contributed by atoms with Gasteiger partial charge in [0.2, 0.25) is 5.91 Å². The van der Waals surface area contributed by atoms with Crippen molar-refractivity contribution in [1.82, 2.24) is 10.2 Å². The molecule has 1 atom stereocenters. The van der Waals surface area contributed by atoms with E-state index in [2.05, 4.69) is 31.0 Å². The zero-order chi connectivity index (χ0) is 11.1. The normalized spacial score (nSPS) is 33.4. The molecule has 0 radical (unpaired) electrons. The Balaban J connectivity index is 2.07. The first-order chi connectivity index (χ1) is 6.91. The van der Waals surface area contributed by atoms with E-state index in [-0.39, 0.29) is 16.9 Å². The van der Waals surface area contributed by atoms with Crippen molar-refractivity contribution in [2.75, 3.05) is 19.6 Å². The monoisotopic (exact) mass is 210 g/mol. The molecule has 1 spiro atoms. The first kappa shape index (κ1) is 10.9. The summed E-state index contributed by atoms with van der Waals surface area (Å²) in [4.78, 5) is 13.9. The van der Waals surface area contributed by atoms with E-state index >= 15 is 0 Å². The van der Waals surface area contributed by atoms with Crippen molar-refractivity contribution in [1.29, 1.82) is 0 Å². The van der Waals surface area contributed by atoms with Crippen molar-refractivity contribution in [2.24, 2.45) is 5.41 Å². The van der Waals surface area contributed by atoms with Gasteiger partial charge < -0.3 is 5.32 Å². The highest BCUT2D eigenvalue weighted by atomic mass is 16.1. The van der Waals surface area contributed by atoms with Crippen molar-refractivity contribution < 1.29 is 4.79 Å². The molecule has 0 aliphatic carbocycles. The summed E-state index contributed by atoms with van der Waals surface area (Å²) in [6, 6.07) is 0. The van der Waals surface area contributed by atoms with E-state index in [4.69, 9.17) is 0 Å². The van der Waals surface area contributed by atoms with Crippen LogP contribution < -0.4 is 5.32 Å². The highest BCUT2D eigenvalue weighted by molar-refractivity contribution is 5.79. The second-order valence-corrected chi connectivity index (χ2v) is 6.15. The summed E-state index contributed by atoms with van der Waals surface area (Å²) in [7, 11) is 0. The Bertz CT molecular complexity index is 269. The van der Waals surface area contributed by atoms with Gasteiger partial charge in [-0.2, -0.15) is 0 Å². The molecular weight excluding hydrogens is 188 g/mol. The Kier molecular flexibility index (Phi) is 2.53. The Morgan fingerprint density at radius 2 is 2.13 bits per heavy atom. The summed E-state index contributed by atoms with van der Waals surface area (Å²) in [6.45, 7) is 9.93. The van der Waals surface area contributed by atoms with Crippen molar-refractivity contribution >= 4 is 5.91 Å². The summed E-state index contributed by atoms with van der Waals surface area (Å²) in [6.07, 6.45) is 3.17. The molecule has 2 aliphatic heterocycles. The van der Waals surface area contributed by atoms with Gasteiger partial charge in [0.25, 0.3) is 0 Å². The molecule has 2 heterocycles. The number of hydrogen-bond donors (Lipinski definition) is 1. The van der Waals surface area contributed by atoms with E-state index in [0.29, 0.717) is 0 Å². The van der Waals surface area contributed by atoms with Crippen LogP contribution in [0.4, 0.5) is 0 Å².